The van der Waals surface area contributed by atoms with E-state index >= 15 is 0 Å². The molecular weight excluding hydrogens is 512 g/mol. The molecule has 0 saturated carbocycles. The van der Waals surface area contributed by atoms with Gasteiger partial charge in [0.05, 0.1) is 18.8 Å². The minimum atomic E-state index is -1.56. The summed E-state index contributed by atoms with van der Waals surface area (Å²) < 4.78 is 0. The molecule has 0 spiro atoms. The number of rotatable bonds is 15. The number of carbonyl (C=O) groups is 4. The van der Waals surface area contributed by atoms with Gasteiger partial charge in [0.2, 0.25) is 17.7 Å². The lowest BCUT2D eigenvalue weighted by atomic mass is 10.0. The maximum absolute atomic E-state index is 12.8. The number of benzene rings is 1. The zero-order valence-corrected chi connectivity index (χ0v) is 21.5. The van der Waals surface area contributed by atoms with Gasteiger partial charge >= 0.3 is 5.97 Å². The number of aliphatic imine (C=N–C) groups is 1. The Balaban J connectivity index is 1.99. The van der Waals surface area contributed by atoms with Crippen molar-refractivity contribution in [1.29, 1.82) is 0 Å². The van der Waals surface area contributed by atoms with Gasteiger partial charge < -0.3 is 53.5 Å². The number of aliphatic hydroxyl groups excluding tert-OH is 2. The van der Waals surface area contributed by atoms with Crippen LogP contribution < -0.4 is 33.2 Å². The van der Waals surface area contributed by atoms with Gasteiger partial charge in [-0.1, -0.05) is 18.2 Å². The Morgan fingerprint density at radius 3 is 2.31 bits per heavy atom. The predicted octanol–water partition coefficient (Wildman–Crippen LogP) is -3.00. The van der Waals surface area contributed by atoms with Crippen LogP contribution in [0.3, 0.4) is 0 Å². The van der Waals surface area contributed by atoms with Gasteiger partial charge in [-0.05, 0) is 37.8 Å². The first-order valence-corrected chi connectivity index (χ1v) is 12.2. The molecule has 0 saturated heterocycles. The summed E-state index contributed by atoms with van der Waals surface area (Å²) in [4.78, 5) is 56.5. The molecule has 0 fully saturated rings. The number of aromatic amines is 1. The molecule has 0 bridgehead atoms. The largest absolute Gasteiger partial charge is 0.480 e. The van der Waals surface area contributed by atoms with Gasteiger partial charge in [-0.15, -0.1) is 0 Å². The van der Waals surface area contributed by atoms with Crippen molar-refractivity contribution in [2.24, 2.45) is 22.2 Å². The highest BCUT2D eigenvalue weighted by Gasteiger charge is 2.32. The van der Waals surface area contributed by atoms with Crippen LogP contribution in [0.5, 0.6) is 0 Å². The van der Waals surface area contributed by atoms with Crippen LogP contribution in [0.2, 0.25) is 0 Å². The number of carboxylic acids is 1. The topological polar surface area (TPSA) is 271 Å². The Hall–Kier alpha value is -4.21. The number of aliphatic hydroxyl groups is 2. The van der Waals surface area contributed by atoms with E-state index in [2.05, 4.69) is 25.9 Å². The molecular formula is C24H36N8O7. The lowest BCUT2D eigenvalue weighted by Crippen LogP contribution is -2.60. The number of H-pyrrole nitrogens is 1. The summed E-state index contributed by atoms with van der Waals surface area (Å²) in [6, 6.07) is 1.97. The highest BCUT2D eigenvalue weighted by Crippen LogP contribution is 2.18. The lowest BCUT2D eigenvalue weighted by Gasteiger charge is -2.25. The smallest absolute Gasteiger partial charge is 0.326 e. The summed E-state index contributed by atoms with van der Waals surface area (Å²) in [7, 11) is 0. The SMILES string of the molecule is CC(O)C(NC(=O)C(N)Cc1c[nH]c2ccccc12)C(=O)NC(CO)C(=O)NC(CCCN=C(N)N)C(=O)O. The van der Waals surface area contributed by atoms with Crippen LogP contribution in [0.4, 0.5) is 0 Å². The molecule has 5 atom stereocenters. The van der Waals surface area contributed by atoms with E-state index in [0.717, 1.165) is 16.5 Å². The fourth-order valence-electron chi connectivity index (χ4n) is 3.78. The summed E-state index contributed by atoms with van der Waals surface area (Å²) in [6.07, 6.45) is 0.696. The molecule has 214 valence electrons. The normalized spacial score (nSPS) is 14.9. The number of carboxylic acid groups (broad SMARTS) is 1. The first-order chi connectivity index (χ1) is 18.4. The second-order valence-electron chi connectivity index (χ2n) is 8.99. The molecule has 13 N–H and O–H groups in total. The van der Waals surface area contributed by atoms with E-state index in [0.29, 0.717) is 0 Å². The number of hydrogen-bond acceptors (Lipinski definition) is 8. The molecule has 0 aliphatic rings. The molecule has 15 heteroatoms. The van der Waals surface area contributed by atoms with E-state index < -0.39 is 60.6 Å². The average Bonchev–Trinajstić information content (AvgIpc) is 3.29. The number of para-hydroxylation sites is 1. The number of nitrogens with zero attached hydrogens (tertiary/aromatic N) is 1. The average molecular weight is 549 g/mol. The van der Waals surface area contributed by atoms with E-state index in [9.17, 15) is 34.5 Å². The number of aromatic nitrogens is 1. The highest BCUT2D eigenvalue weighted by atomic mass is 16.4. The van der Waals surface area contributed by atoms with Crippen molar-refractivity contribution in [3.05, 3.63) is 36.0 Å². The molecule has 1 aromatic carbocycles. The van der Waals surface area contributed by atoms with Crippen LogP contribution in [0.1, 0.15) is 25.3 Å². The summed E-state index contributed by atoms with van der Waals surface area (Å²) in [5, 5.41) is 36.9. The number of guanidine groups is 1. The quantitative estimate of drug-likeness (QED) is 0.0612. The van der Waals surface area contributed by atoms with Crippen molar-refractivity contribution in [3.63, 3.8) is 0 Å². The van der Waals surface area contributed by atoms with E-state index in [-0.39, 0.29) is 31.8 Å². The van der Waals surface area contributed by atoms with Gasteiger partial charge in [-0.2, -0.15) is 0 Å². The Bertz CT molecular complexity index is 1180. The van der Waals surface area contributed by atoms with Gasteiger partial charge in [0.1, 0.15) is 18.1 Å². The molecule has 5 unspecified atom stereocenters. The van der Waals surface area contributed by atoms with E-state index in [4.69, 9.17) is 17.2 Å². The first-order valence-electron chi connectivity index (χ1n) is 12.2. The third kappa shape index (κ3) is 9.24. The summed E-state index contributed by atoms with van der Waals surface area (Å²) in [5.41, 5.74) is 18.1. The zero-order chi connectivity index (χ0) is 29.1. The summed E-state index contributed by atoms with van der Waals surface area (Å²) in [5.74, 6) is -4.18. The third-order valence-corrected chi connectivity index (χ3v) is 5.89. The number of nitrogens with two attached hydrogens (primary N) is 3. The maximum Gasteiger partial charge on any atom is 0.326 e. The molecule has 15 nitrogen and oxygen atoms in total. The van der Waals surface area contributed by atoms with Gasteiger partial charge in [-0.25, -0.2) is 4.79 Å². The summed E-state index contributed by atoms with van der Waals surface area (Å²) >= 11 is 0. The molecule has 2 aromatic rings. The first kappa shape index (κ1) is 31.0. The second-order valence-corrected chi connectivity index (χ2v) is 8.99. The number of aliphatic carboxylic acids is 1. The van der Waals surface area contributed by atoms with E-state index in [1.54, 1.807) is 6.20 Å². The van der Waals surface area contributed by atoms with Crippen LogP contribution in [-0.2, 0) is 25.6 Å². The van der Waals surface area contributed by atoms with Crippen LogP contribution in [-0.4, -0.2) is 93.4 Å². The number of amides is 3. The molecule has 2 rings (SSSR count). The van der Waals surface area contributed by atoms with Crippen LogP contribution >= 0.6 is 0 Å². The standard InChI is InChI=1S/C24H36N8O7/c1-12(34)19(32-20(35)15(25)9-13-10-29-16-6-3-2-5-14(13)16)22(37)31-18(11-33)21(36)30-17(23(38)39)7-4-8-28-24(26)27/h2-3,5-6,10,12,15,17-19,29,33-34H,4,7-9,11,25H2,1H3,(H,30,36)(H,31,37)(H,32,35)(H,38,39)(H4,26,27,28). The fraction of sp³-hybridized carbons (Fsp3) is 0.458. The molecule has 0 aliphatic heterocycles. The highest BCUT2D eigenvalue weighted by molar-refractivity contribution is 5.94. The number of hydrogen-bond donors (Lipinski definition) is 10. The Morgan fingerprint density at radius 1 is 1.03 bits per heavy atom. The molecule has 0 aliphatic carbocycles. The minimum Gasteiger partial charge on any atom is -0.480 e. The fourth-order valence-corrected chi connectivity index (χ4v) is 3.78. The van der Waals surface area contributed by atoms with Crippen molar-refractivity contribution >= 4 is 40.6 Å². The second kappa shape index (κ2) is 14.7. The number of nitrogens with one attached hydrogen (secondary N) is 4. The van der Waals surface area contributed by atoms with E-state index in [1.165, 1.54) is 6.92 Å². The van der Waals surface area contributed by atoms with Crippen molar-refractivity contribution in [3.8, 4) is 0 Å². The number of carbonyl (C=O) groups excluding carboxylic acids is 3. The lowest BCUT2D eigenvalue weighted by molar-refractivity contribution is -0.143. The Morgan fingerprint density at radius 2 is 1.69 bits per heavy atom. The summed E-state index contributed by atoms with van der Waals surface area (Å²) in [6.45, 7) is 0.513. The van der Waals surface area contributed by atoms with Crippen molar-refractivity contribution in [2.75, 3.05) is 13.2 Å². The predicted molar refractivity (Wildman–Crippen MR) is 142 cm³/mol. The molecule has 1 heterocycles. The van der Waals surface area contributed by atoms with Gasteiger partial charge in [-0.3, -0.25) is 19.4 Å². The number of fused-ring (bicyclic) bond motifs is 1. The van der Waals surface area contributed by atoms with Gasteiger partial charge in [0, 0.05) is 23.6 Å². The Kier molecular flexibility index (Phi) is 11.7. The van der Waals surface area contributed by atoms with Crippen molar-refractivity contribution < 1.29 is 34.5 Å². The van der Waals surface area contributed by atoms with Crippen LogP contribution in [0, 0.1) is 0 Å². The van der Waals surface area contributed by atoms with E-state index in [1.807, 2.05) is 24.3 Å². The molecule has 0 radical (unpaired) electrons. The van der Waals surface area contributed by atoms with Gasteiger partial charge in [0.15, 0.2) is 5.96 Å². The van der Waals surface area contributed by atoms with Gasteiger partial charge in [0.25, 0.3) is 0 Å². The molecule has 1 aromatic heterocycles. The minimum absolute atomic E-state index is 0.0232. The van der Waals surface area contributed by atoms with Crippen LogP contribution in [0.15, 0.2) is 35.5 Å². The maximum atomic E-state index is 12.8. The Labute approximate surface area is 224 Å². The third-order valence-electron chi connectivity index (χ3n) is 5.89. The van der Waals surface area contributed by atoms with Crippen LogP contribution in [0.25, 0.3) is 10.9 Å². The molecule has 3 amide bonds. The van der Waals surface area contributed by atoms with Crippen molar-refractivity contribution in [2.45, 2.75) is 56.5 Å². The monoisotopic (exact) mass is 548 g/mol. The van der Waals surface area contributed by atoms with Crippen molar-refractivity contribution in [1.82, 2.24) is 20.9 Å². The molecule has 39 heavy (non-hydrogen) atoms. The zero-order valence-electron chi connectivity index (χ0n) is 21.5.